The lowest BCUT2D eigenvalue weighted by Gasteiger charge is -2.07. The molecule has 0 atom stereocenters. The molecular formula is C20H18N4O4. The van der Waals surface area contributed by atoms with Crippen LogP contribution in [0.5, 0.6) is 5.75 Å². The minimum atomic E-state index is -0.459. The number of nitro benzene ring substituents is 1. The van der Waals surface area contributed by atoms with Crippen molar-refractivity contribution in [2.24, 2.45) is 10.9 Å². The summed E-state index contributed by atoms with van der Waals surface area (Å²) in [5.74, 6) is 0.891. The third-order valence-corrected chi connectivity index (χ3v) is 3.79. The summed E-state index contributed by atoms with van der Waals surface area (Å²) in [6.07, 6.45) is 3.46. The summed E-state index contributed by atoms with van der Waals surface area (Å²) in [4.78, 5) is 19.6. The largest absolute Gasteiger partial charge is 0.489 e. The minimum absolute atomic E-state index is 0.0000701. The number of amidine groups is 1. The highest BCUT2D eigenvalue weighted by molar-refractivity contribution is 5.97. The summed E-state index contributed by atoms with van der Waals surface area (Å²) in [6.45, 7) is 0.498. The van der Waals surface area contributed by atoms with Gasteiger partial charge >= 0.3 is 0 Å². The van der Waals surface area contributed by atoms with Crippen molar-refractivity contribution < 1.29 is 14.5 Å². The Morgan fingerprint density at radius 3 is 2.57 bits per heavy atom. The Balaban J connectivity index is 1.54. The average Bonchev–Trinajstić information content (AvgIpc) is 2.73. The van der Waals surface area contributed by atoms with Gasteiger partial charge < -0.3 is 15.3 Å². The monoisotopic (exact) mass is 378 g/mol. The summed E-state index contributed by atoms with van der Waals surface area (Å²) in [6, 6.07) is 17.1. The van der Waals surface area contributed by atoms with Gasteiger partial charge in [-0.25, -0.2) is 0 Å². The molecule has 28 heavy (non-hydrogen) atoms. The van der Waals surface area contributed by atoms with E-state index < -0.39 is 4.92 Å². The molecule has 0 bridgehead atoms. The van der Waals surface area contributed by atoms with Gasteiger partial charge in [0.25, 0.3) is 5.69 Å². The number of nitrogens with zero attached hydrogens (tertiary/aromatic N) is 3. The standard InChI is InChI=1S/C20H18N4O4/c21-20(23-28-14-15-3-1-5-18(11-15)24(25)26)17-6-8-19(9-7-17)27-13-16-4-2-10-22-12-16/h1-12H,13-14H2,(H2,21,23). The highest BCUT2D eigenvalue weighted by atomic mass is 16.6. The van der Waals surface area contributed by atoms with Crippen molar-refractivity contribution in [3.63, 3.8) is 0 Å². The van der Waals surface area contributed by atoms with Gasteiger partial charge in [0.05, 0.1) is 4.92 Å². The van der Waals surface area contributed by atoms with Gasteiger partial charge in [0, 0.05) is 35.7 Å². The molecule has 3 rings (SSSR count). The van der Waals surface area contributed by atoms with E-state index in [4.69, 9.17) is 15.3 Å². The molecule has 1 heterocycles. The van der Waals surface area contributed by atoms with Crippen molar-refractivity contribution >= 4 is 11.5 Å². The summed E-state index contributed by atoms with van der Waals surface area (Å²) >= 11 is 0. The fourth-order valence-corrected chi connectivity index (χ4v) is 2.36. The highest BCUT2D eigenvalue weighted by Gasteiger charge is 2.06. The van der Waals surface area contributed by atoms with Crippen molar-refractivity contribution in [1.29, 1.82) is 0 Å². The van der Waals surface area contributed by atoms with E-state index in [1.54, 1.807) is 48.8 Å². The topological polar surface area (TPSA) is 113 Å². The molecule has 0 saturated heterocycles. The van der Waals surface area contributed by atoms with E-state index in [0.29, 0.717) is 23.5 Å². The van der Waals surface area contributed by atoms with Gasteiger partial charge in [0.15, 0.2) is 5.84 Å². The van der Waals surface area contributed by atoms with E-state index in [1.165, 1.54) is 12.1 Å². The van der Waals surface area contributed by atoms with Crippen LogP contribution >= 0.6 is 0 Å². The van der Waals surface area contributed by atoms with E-state index >= 15 is 0 Å². The molecule has 0 saturated carbocycles. The molecule has 0 aliphatic rings. The van der Waals surface area contributed by atoms with Crippen molar-refractivity contribution in [2.75, 3.05) is 0 Å². The van der Waals surface area contributed by atoms with Crippen molar-refractivity contribution in [3.8, 4) is 5.75 Å². The van der Waals surface area contributed by atoms with Crippen molar-refractivity contribution in [3.05, 3.63) is 99.9 Å². The summed E-state index contributed by atoms with van der Waals surface area (Å²) in [5.41, 5.74) is 8.20. The molecule has 8 heteroatoms. The number of benzene rings is 2. The molecule has 0 amide bonds. The summed E-state index contributed by atoms with van der Waals surface area (Å²) in [7, 11) is 0. The molecule has 8 nitrogen and oxygen atoms in total. The maximum atomic E-state index is 10.8. The van der Waals surface area contributed by atoms with Gasteiger partial charge in [-0.1, -0.05) is 23.4 Å². The number of nitro groups is 1. The quantitative estimate of drug-likeness (QED) is 0.278. The van der Waals surface area contributed by atoms with Gasteiger partial charge in [0.2, 0.25) is 0 Å². The molecule has 0 fully saturated rings. The Morgan fingerprint density at radius 2 is 1.86 bits per heavy atom. The molecular weight excluding hydrogens is 360 g/mol. The number of pyridine rings is 1. The molecule has 2 N–H and O–H groups in total. The van der Waals surface area contributed by atoms with Crippen LogP contribution in [-0.2, 0) is 18.1 Å². The first-order valence-electron chi connectivity index (χ1n) is 8.43. The van der Waals surface area contributed by atoms with Crippen LogP contribution in [0.1, 0.15) is 16.7 Å². The Labute approximate surface area is 161 Å². The van der Waals surface area contributed by atoms with E-state index in [1.807, 2.05) is 12.1 Å². The number of hydrogen-bond acceptors (Lipinski definition) is 6. The smallest absolute Gasteiger partial charge is 0.269 e. The zero-order valence-corrected chi connectivity index (χ0v) is 14.9. The Hall–Kier alpha value is -3.94. The van der Waals surface area contributed by atoms with E-state index in [9.17, 15) is 10.1 Å². The lowest BCUT2D eigenvalue weighted by atomic mass is 10.2. The second-order valence-corrected chi connectivity index (χ2v) is 5.85. The van der Waals surface area contributed by atoms with Gasteiger partial charge in [-0.3, -0.25) is 15.1 Å². The molecule has 1 aromatic heterocycles. The first-order valence-corrected chi connectivity index (χ1v) is 8.43. The number of ether oxygens (including phenoxy) is 1. The predicted molar refractivity (Wildman–Crippen MR) is 104 cm³/mol. The van der Waals surface area contributed by atoms with Crippen molar-refractivity contribution in [2.45, 2.75) is 13.2 Å². The normalized spacial score (nSPS) is 11.1. The Morgan fingerprint density at radius 1 is 1.07 bits per heavy atom. The predicted octanol–water partition coefficient (Wildman–Crippen LogP) is 3.41. The SMILES string of the molecule is NC(=NOCc1cccc([N+](=O)[O-])c1)c1ccc(OCc2cccnc2)cc1. The third kappa shape index (κ3) is 5.28. The van der Waals surface area contributed by atoms with Crippen LogP contribution in [0.2, 0.25) is 0 Å². The number of oxime groups is 1. The van der Waals surface area contributed by atoms with Crippen molar-refractivity contribution in [1.82, 2.24) is 4.98 Å². The average molecular weight is 378 g/mol. The van der Waals surface area contributed by atoms with E-state index in [2.05, 4.69) is 10.1 Å². The minimum Gasteiger partial charge on any atom is -0.489 e. The van der Waals surface area contributed by atoms with Gasteiger partial charge in [0.1, 0.15) is 19.0 Å². The molecule has 0 spiro atoms. The van der Waals surface area contributed by atoms with Crippen LogP contribution < -0.4 is 10.5 Å². The second-order valence-electron chi connectivity index (χ2n) is 5.85. The van der Waals surface area contributed by atoms with Crippen LogP contribution in [0.25, 0.3) is 0 Å². The lowest BCUT2D eigenvalue weighted by molar-refractivity contribution is -0.384. The molecule has 0 unspecified atom stereocenters. The maximum Gasteiger partial charge on any atom is 0.269 e. The molecule has 2 aromatic carbocycles. The maximum absolute atomic E-state index is 10.8. The fourth-order valence-electron chi connectivity index (χ4n) is 2.36. The first-order chi connectivity index (χ1) is 13.6. The zero-order valence-electron chi connectivity index (χ0n) is 14.9. The molecule has 0 aliphatic carbocycles. The number of non-ortho nitro benzene ring substituents is 1. The molecule has 142 valence electrons. The fraction of sp³-hybridized carbons (Fsp3) is 0.100. The Kier molecular flexibility index (Phi) is 6.14. The van der Waals surface area contributed by atoms with E-state index in [-0.39, 0.29) is 18.1 Å². The van der Waals surface area contributed by atoms with Crippen LogP contribution in [0.3, 0.4) is 0 Å². The van der Waals surface area contributed by atoms with Crippen LogP contribution in [-0.4, -0.2) is 15.7 Å². The number of nitrogens with two attached hydrogens (primary N) is 1. The van der Waals surface area contributed by atoms with E-state index in [0.717, 1.165) is 5.56 Å². The number of aromatic nitrogens is 1. The third-order valence-electron chi connectivity index (χ3n) is 3.79. The summed E-state index contributed by atoms with van der Waals surface area (Å²) < 4.78 is 5.69. The zero-order chi connectivity index (χ0) is 19.8. The number of rotatable bonds is 8. The second kappa shape index (κ2) is 9.13. The molecule has 0 radical (unpaired) electrons. The van der Waals surface area contributed by atoms with Crippen LogP contribution in [0.4, 0.5) is 5.69 Å². The van der Waals surface area contributed by atoms with Gasteiger partial charge in [-0.2, -0.15) is 0 Å². The Bertz CT molecular complexity index is 959. The molecule has 3 aromatic rings. The summed E-state index contributed by atoms with van der Waals surface area (Å²) in [5, 5.41) is 14.6. The van der Waals surface area contributed by atoms with Gasteiger partial charge in [-0.05, 0) is 35.9 Å². The lowest BCUT2D eigenvalue weighted by Crippen LogP contribution is -2.13. The molecule has 0 aliphatic heterocycles. The first kappa shape index (κ1) is 18.8. The highest BCUT2D eigenvalue weighted by Crippen LogP contribution is 2.15. The van der Waals surface area contributed by atoms with Gasteiger partial charge in [-0.15, -0.1) is 0 Å². The van der Waals surface area contributed by atoms with Crippen LogP contribution in [0.15, 0.2) is 78.2 Å². The number of hydrogen-bond donors (Lipinski definition) is 1. The van der Waals surface area contributed by atoms with Crippen LogP contribution in [0, 0.1) is 10.1 Å².